The van der Waals surface area contributed by atoms with Crippen molar-refractivity contribution < 1.29 is 23.8 Å². The molecular weight excluding hydrogens is 512 g/mol. The highest BCUT2D eigenvalue weighted by Crippen LogP contribution is 2.31. The van der Waals surface area contributed by atoms with Gasteiger partial charge in [0.15, 0.2) is 16.6 Å². The molecule has 2 amide bonds. The number of hydrogen-bond donors (Lipinski definition) is 1. The first-order valence-corrected chi connectivity index (χ1v) is 12.5. The summed E-state index contributed by atoms with van der Waals surface area (Å²) in [7, 11) is 1.55. The topological polar surface area (TPSA) is 77.1 Å². The predicted octanol–water partition coefficient (Wildman–Crippen LogP) is 5.90. The highest BCUT2D eigenvalue weighted by molar-refractivity contribution is 7.80. The number of nitrogens with one attached hydrogen (secondary N) is 1. The highest BCUT2D eigenvalue weighted by atomic mass is 32.1. The molecule has 1 fully saturated rings. The smallest absolute Gasteiger partial charge is 0.270 e. The molecule has 4 aromatic rings. The number of rotatable bonds is 8. The van der Waals surface area contributed by atoms with E-state index in [0.717, 1.165) is 5.56 Å². The summed E-state index contributed by atoms with van der Waals surface area (Å²) in [6.45, 7) is 0.336. The lowest BCUT2D eigenvalue weighted by atomic mass is 10.1. The molecule has 0 spiro atoms. The molecule has 1 saturated heterocycles. The minimum absolute atomic E-state index is 0.000456. The van der Waals surface area contributed by atoms with Gasteiger partial charge in [0, 0.05) is 0 Å². The van der Waals surface area contributed by atoms with Gasteiger partial charge in [0.1, 0.15) is 23.7 Å². The summed E-state index contributed by atoms with van der Waals surface area (Å²) in [6, 6.07) is 31.2. The van der Waals surface area contributed by atoms with Gasteiger partial charge in [0.2, 0.25) is 0 Å². The Hall–Kier alpha value is -4.95. The van der Waals surface area contributed by atoms with Crippen molar-refractivity contribution in [3.8, 4) is 23.0 Å². The molecule has 4 aromatic carbocycles. The van der Waals surface area contributed by atoms with E-state index in [0.29, 0.717) is 40.9 Å². The van der Waals surface area contributed by atoms with Crippen LogP contribution >= 0.6 is 12.2 Å². The lowest BCUT2D eigenvalue weighted by Crippen LogP contribution is -2.54. The van der Waals surface area contributed by atoms with Crippen molar-refractivity contribution in [2.45, 2.75) is 6.61 Å². The molecule has 39 heavy (non-hydrogen) atoms. The molecule has 0 radical (unpaired) electrons. The minimum atomic E-state index is -0.576. The van der Waals surface area contributed by atoms with E-state index in [2.05, 4.69) is 5.32 Å². The van der Waals surface area contributed by atoms with Gasteiger partial charge in [-0.15, -0.1) is 0 Å². The van der Waals surface area contributed by atoms with Crippen molar-refractivity contribution in [2.75, 3.05) is 12.0 Å². The fourth-order valence-corrected chi connectivity index (χ4v) is 4.26. The molecule has 0 unspecified atom stereocenters. The third-order valence-electron chi connectivity index (χ3n) is 5.91. The summed E-state index contributed by atoms with van der Waals surface area (Å²) in [5.74, 6) is 1.20. The third kappa shape index (κ3) is 5.97. The number of hydrogen-bond acceptors (Lipinski definition) is 6. The van der Waals surface area contributed by atoms with E-state index in [1.165, 1.54) is 11.0 Å². The average molecular weight is 537 g/mol. The number of carbonyl (C=O) groups excluding carboxylic acids is 2. The molecule has 0 aliphatic carbocycles. The number of nitrogens with zero attached hydrogens (tertiary/aromatic N) is 1. The van der Waals surface area contributed by atoms with Crippen LogP contribution in [-0.4, -0.2) is 24.0 Å². The molecule has 0 saturated carbocycles. The van der Waals surface area contributed by atoms with E-state index in [1.54, 1.807) is 49.6 Å². The molecule has 1 N–H and O–H groups in total. The first-order valence-electron chi connectivity index (χ1n) is 12.1. The van der Waals surface area contributed by atoms with Crippen LogP contribution in [0.3, 0.4) is 0 Å². The van der Waals surface area contributed by atoms with E-state index in [9.17, 15) is 9.59 Å². The van der Waals surface area contributed by atoms with Crippen molar-refractivity contribution >= 4 is 40.9 Å². The third-order valence-corrected chi connectivity index (χ3v) is 6.20. The van der Waals surface area contributed by atoms with Crippen LogP contribution in [0.1, 0.15) is 11.1 Å². The van der Waals surface area contributed by atoms with Gasteiger partial charge in [0.05, 0.1) is 12.8 Å². The van der Waals surface area contributed by atoms with Crippen molar-refractivity contribution in [1.29, 1.82) is 0 Å². The lowest BCUT2D eigenvalue weighted by Gasteiger charge is -2.29. The number of anilines is 1. The molecule has 0 bridgehead atoms. The van der Waals surface area contributed by atoms with Gasteiger partial charge in [0.25, 0.3) is 11.8 Å². The fourth-order valence-electron chi connectivity index (χ4n) is 3.98. The van der Waals surface area contributed by atoms with Gasteiger partial charge in [-0.05, 0) is 78.0 Å². The van der Waals surface area contributed by atoms with Crippen LogP contribution in [0.4, 0.5) is 5.69 Å². The van der Waals surface area contributed by atoms with Gasteiger partial charge < -0.3 is 14.2 Å². The predicted molar refractivity (Wildman–Crippen MR) is 153 cm³/mol. The second-order valence-electron chi connectivity index (χ2n) is 8.55. The molecule has 194 valence electrons. The summed E-state index contributed by atoms with van der Waals surface area (Å²) >= 11 is 5.33. The van der Waals surface area contributed by atoms with Gasteiger partial charge in [-0.3, -0.25) is 19.8 Å². The zero-order valence-electron chi connectivity index (χ0n) is 21.0. The summed E-state index contributed by atoms with van der Waals surface area (Å²) < 4.78 is 17.2. The Morgan fingerprint density at radius 1 is 0.821 bits per heavy atom. The highest BCUT2D eigenvalue weighted by Gasteiger charge is 2.34. The van der Waals surface area contributed by atoms with E-state index in [1.807, 2.05) is 60.7 Å². The maximum absolute atomic E-state index is 13.5. The van der Waals surface area contributed by atoms with Crippen LogP contribution in [0, 0.1) is 0 Å². The Morgan fingerprint density at radius 2 is 1.49 bits per heavy atom. The summed E-state index contributed by atoms with van der Waals surface area (Å²) in [6.07, 6.45) is 1.51. The Balaban J connectivity index is 1.38. The van der Waals surface area contributed by atoms with Crippen LogP contribution in [-0.2, 0) is 16.2 Å². The molecule has 5 rings (SSSR count). The number of carbonyl (C=O) groups is 2. The fraction of sp³-hybridized carbons (Fsp3) is 0.0645. The molecule has 1 heterocycles. The number of ether oxygens (including phenoxy) is 3. The molecule has 0 aromatic heterocycles. The van der Waals surface area contributed by atoms with Crippen LogP contribution in [0.2, 0.25) is 0 Å². The SMILES string of the molecule is COc1ccc(C=C2C(=O)NC(=S)N(c3ccc(Oc4ccccc4)cc3)C2=O)cc1OCc1ccccc1. The molecule has 7 nitrogen and oxygen atoms in total. The van der Waals surface area contributed by atoms with Gasteiger partial charge >= 0.3 is 0 Å². The number of benzene rings is 4. The normalized spacial score (nSPS) is 14.2. The number of thiocarbonyl (C=S) groups is 1. The van der Waals surface area contributed by atoms with E-state index >= 15 is 0 Å². The van der Waals surface area contributed by atoms with Crippen molar-refractivity contribution in [3.05, 3.63) is 120 Å². The van der Waals surface area contributed by atoms with Crippen LogP contribution in [0.5, 0.6) is 23.0 Å². The van der Waals surface area contributed by atoms with Gasteiger partial charge in [-0.1, -0.05) is 54.6 Å². The lowest BCUT2D eigenvalue weighted by molar-refractivity contribution is -0.122. The van der Waals surface area contributed by atoms with E-state index in [4.69, 9.17) is 26.4 Å². The zero-order chi connectivity index (χ0) is 27.2. The molecule has 1 aliphatic rings. The Kier molecular flexibility index (Phi) is 7.65. The van der Waals surface area contributed by atoms with Crippen molar-refractivity contribution in [1.82, 2.24) is 5.32 Å². The van der Waals surface area contributed by atoms with Crippen LogP contribution < -0.4 is 24.4 Å². The Labute approximate surface area is 231 Å². The van der Waals surface area contributed by atoms with E-state index in [-0.39, 0.29) is 10.7 Å². The maximum atomic E-state index is 13.5. The molecular formula is C31H24N2O5S. The molecule has 1 aliphatic heterocycles. The largest absolute Gasteiger partial charge is 0.493 e. The van der Waals surface area contributed by atoms with Gasteiger partial charge in [-0.2, -0.15) is 0 Å². The standard InChI is InChI=1S/C31H24N2O5S/c1-36-27-17-12-22(19-28(27)37-20-21-8-4-2-5-9-21)18-26-29(34)32-31(39)33(30(26)35)23-13-15-25(16-14-23)38-24-10-6-3-7-11-24/h2-19H,20H2,1H3,(H,32,34,39). The first-order chi connectivity index (χ1) is 19.0. The van der Waals surface area contributed by atoms with E-state index < -0.39 is 11.8 Å². The number of methoxy groups -OCH3 is 1. The molecule has 8 heteroatoms. The number of amides is 2. The second-order valence-corrected chi connectivity index (χ2v) is 8.94. The maximum Gasteiger partial charge on any atom is 0.270 e. The minimum Gasteiger partial charge on any atom is -0.493 e. The Morgan fingerprint density at radius 3 is 2.18 bits per heavy atom. The van der Waals surface area contributed by atoms with Crippen LogP contribution in [0.15, 0.2) is 109 Å². The number of para-hydroxylation sites is 1. The first kappa shape index (κ1) is 25.7. The average Bonchev–Trinajstić information content (AvgIpc) is 2.96. The monoisotopic (exact) mass is 536 g/mol. The summed E-state index contributed by atoms with van der Waals surface area (Å²) in [5, 5.41) is 2.61. The summed E-state index contributed by atoms with van der Waals surface area (Å²) in [5.41, 5.74) is 2.02. The Bertz CT molecular complexity index is 1540. The van der Waals surface area contributed by atoms with Gasteiger partial charge in [-0.25, -0.2) is 0 Å². The van der Waals surface area contributed by atoms with Crippen LogP contribution in [0.25, 0.3) is 6.08 Å². The van der Waals surface area contributed by atoms with Crippen molar-refractivity contribution in [3.63, 3.8) is 0 Å². The van der Waals surface area contributed by atoms with Crippen molar-refractivity contribution in [2.24, 2.45) is 0 Å². The summed E-state index contributed by atoms with van der Waals surface area (Å²) in [4.78, 5) is 27.5. The molecule has 0 atom stereocenters. The zero-order valence-corrected chi connectivity index (χ0v) is 21.8. The quantitative estimate of drug-likeness (QED) is 0.172. The second kappa shape index (κ2) is 11.6.